The molecule has 5 heteroatoms. The van der Waals surface area contributed by atoms with Crippen LogP contribution in [0.4, 0.5) is 0 Å². The van der Waals surface area contributed by atoms with Crippen molar-refractivity contribution in [1.82, 2.24) is 15.2 Å². The molecule has 1 aliphatic rings. The molecular formula is C12H21N3S2. The van der Waals surface area contributed by atoms with Crippen molar-refractivity contribution in [3.05, 3.63) is 16.1 Å². The first-order valence-electron chi connectivity index (χ1n) is 6.32. The maximum absolute atomic E-state index is 4.68. The van der Waals surface area contributed by atoms with Crippen LogP contribution in [0.3, 0.4) is 0 Å². The summed E-state index contributed by atoms with van der Waals surface area (Å²) in [5.41, 5.74) is 1.25. The fraction of sp³-hybridized carbons (Fsp3) is 0.750. The van der Waals surface area contributed by atoms with Crippen LogP contribution in [0.25, 0.3) is 0 Å². The fourth-order valence-electron chi connectivity index (χ4n) is 1.92. The molecule has 0 spiro atoms. The van der Waals surface area contributed by atoms with E-state index in [1.54, 1.807) is 11.3 Å². The van der Waals surface area contributed by atoms with Gasteiger partial charge in [-0.05, 0) is 25.3 Å². The van der Waals surface area contributed by atoms with Crippen LogP contribution in [-0.2, 0) is 13.1 Å². The van der Waals surface area contributed by atoms with Crippen molar-refractivity contribution in [2.24, 2.45) is 0 Å². The number of nitrogens with zero attached hydrogens (tertiary/aromatic N) is 2. The van der Waals surface area contributed by atoms with Crippen molar-refractivity contribution in [2.45, 2.75) is 26.4 Å². The van der Waals surface area contributed by atoms with Gasteiger partial charge >= 0.3 is 0 Å². The molecule has 1 aliphatic heterocycles. The topological polar surface area (TPSA) is 28.2 Å². The molecule has 1 aromatic heterocycles. The highest BCUT2D eigenvalue weighted by Crippen LogP contribution is 2.15. The number of thioether (sulfide) groups is 1. The Labute approximate surface area is 112 Å². The van der Waals surface area contributed by atoms with Gasteiger partial charge in [0.05, 0.1) is 5.69 Å². The van der Waals surface area contributed by atoms with E-state index in [0.29, 0.717) is 0 Å². The van der Waals surface area contributed by atoms with E-state index in [2.05, 4.69) is 39.3 Å². The van der Waals surface area contributed by atoms with Gasteiger partial charge in [0, 0.05) is 30.8 Å². The Bertz CT molecular complexity index is 319. The Balaban J connectivity index is 1.82. The lowest BCUT2D eigenvalue weighted by atomic mass is 10.3. The monoisotopic (exact) mass is 271 g/mol. The van der Waals surface area contributed by atoms with Crippen LogP contribution in [0.15, 0.2) is 5.38 Å². The Morgan fingerprint density at radius 2 is 2.35 bits per heavy atom. The number of rotatable bonds is 5. The zero-order chi connectivity index (χ0) is 11.9. The van der Waals surface area contributed by atoms with Crippen LogP contribution < -0.4 is 5.32 Å². The quantitative estimate of drug-likeness (QED) is 0.888. The molecule has 1 fully saturated rings. The minimum Gasteiger partial charge on any atom is -0.311 e. The maximum Gasteiger partial charge on any atom is 0.107 e. The minimum absolute atomic E-state index is 0.914. The van der Waals surface area contributed by atoms with Crippen LogP contribution in [0.2, 0.25) is 0 Å². The normalized spacial score (nSPS) is 18.2. The van der Waals surface area contributed by atoms with Crippen molar-refractivity contribution in [3.8, 4) is 0 Å². The Hall–Kier alpha value is -0.100. The first kappa shape index (κ1) is 13.3. The first-order valence-corrected chi connectivity index (χ1v) is 8.36. The summed E-state index contributed by atoms with van der Waals surface area (Å²) < 4.78 is 0. The van der Waals surface area contributed by atoms with Crippen molar-refractivity contribution < 1.29 is 0 Å². The number of hydrogen-bond donors (Lipinski definition) is 1. The third kappa shape index (κ3) is 4.58. The second kappa shape index (κ2) is 7.36. The molecule has 0 aromatic carbocycles. The molecule has 0 atom stereocenters. The van der Waals surface area contributed by atoms with E-state index in [0.717, 1.165) is 19.6 Å². The molecule has 17 heavy (non-hydrogen) atoms. The van der Waals surface area contributed by atoms with Crippen LogP contribution in [0.1, 0.15) is 24.0 Å². The van der Waals surface area contributed by atoms with Gasteiger partial charge in [0.2, 0.25) is 0 Å². The van der Waals surface area contributed by atoms with Gasteiger partial charge in [0.25, 0.3) is 0 Å². The Morgan fingerprint density at radius 3 is 3.24 bits per heavy atom. The van der Waals surface area contributed by atoms with Gasteiger partial charge in [-0.1, -0.05) is 6.92 Å². The van der Waals surface area contributed by atoms with Gasteiger partial charge in [-0.2, -0.15) is 11.8 Å². The number of nitrogens with one attached hydrogen (secondary N) is 1. The Kier molecular flexibility index (Phi) is 5.77. The van der Waals surface area contributed by atoms with E-state index in [4.69, 9.17) is 0 Å². The summed E-state index contributed by atoms with van der Waals surface area (Å²) >= 11 is 3.85. The number of thiazole rings is 1. The van der Waals surface area contributed by atoms with E-state index in [1.165, 1.54) is 41.7 Å². The van der Waals surface area contributed by atoms with E-state index in [-0.39, 0.29) is 0 Å². The van der Waals surface area contributed by atoms with Gasteiger partial charge in [-0.25, -0.2) is 4.98 Å². The molecule has 1 saturated heterocycles. The maximum atomic E-state index is 4.68. The lowest BCUT2D eigenvalue weighted by Gasteiger charge is -2.17. The summed E-state index contributed by atoms with van der Waals surface area (Å²) in [4.78, 5) is 7.21. The van der Waals surface area contributed by atoms with Crippen LogP contribution in [-0.4, -0.2) is 41.0 Å². The molecule has 1 N–H and O–H groups in total. The molecule has 0 aliphatic carbocycles. The summed E-state index contributed by atoms with van der Waals surface area (Å²) in [7, 11) is 0. The molecule has 2 heterocycles. The van der Waals surface area contributed by atoms with Gasteiger partial charge in [-0.3, -0.25) is 4.90 Å². The van der Waals surface area contributed by atoms with E-state index in [1.807, 2.05) is 0 Å². The largest absolute Gasteiger partial charge is 0.311 e. The summed E-state index contributed by atoms with van der Waals surface area (Å²) in [6.07, 6.45) is 1.32. The van der Waals surface area contributed by atoms with Gasteiger partial charge in [-0.15, -0.1) is 11.3 Å². The molecule has 3 nitrogen and oxygen atoms in total. The molecular weight excluding hydrogens is 250 g/mol. The van der Waals surface area contributed by atoms with E-state index >= 15 is 0 Å². The van der Waals surface area contributed by atoms with Crippen molar-refractivity contribution in [2.75, 3.05) is 31.1 Å². The predicted octanol–water partition coefficient (Wildman–Crippen LogP) is 2.19. The van der Waals surface area contributed by atoms with Crippen molar-refractivity contribution in [3.63, 3.8) is 0 Å². The highest BCUT2D eigenvalue weighted by atomic mass is 32.2. The zero-order valence-electron chi connectivity index (χ0n) is 10.4. The minimum atomic E-state index is 0.914. The van der Waals surface area contributed by atoms with Gasteiger partial charge < -0.3 is 5.32 Å². The highest BCUT2D eigenvalue weighted by molar-refractivity contribution is 7.99. The summed E-state index contributed by atoms with van der Waals surface area (Å²) in [5.74, 6) is 2.59. The first-order chi connectivity index (χ1) is 8.38. The smallest absolute Gasteiger partial charge is 0.107 e. The van der Waals surface area contributed by atoms with Crippen molar-refractivity contribution in [1.29, 1.82) is 0 Å². The highest BCUT2D eigenvalue weighted by Gasteiger charge is 2.11. The second-order valence-corrected chi connectivity index (χ2v) is 6.42. The molecule has 0 radical (unpaired) electrons. The molecule has 0 saturated carbocycles. The number of hydrogen-bond acceptors (Lipinski definition) is 5. The third-order valence-electron chi connectivity index (χ3n) is 2.83. The van der Waals surface area contributed by atoms with Crippen LogP contribution >= 0.6 is 23.1 Å². The molecule has 0 unspecified atom stereocenters. The van der Waals surface area contributed by atoms with Crippen molar-refractivity contribution >= 4 is 23.1 Å². The number of aromatic nitrogens is 1. The zero-order valence-corrected chi connectivity index (χ0v) is 12.1. The van der Waals surface area contributed by atoms with Crippen LogP contribution in [0.5, 0.6) is 0 Å². The Morgan fingerprint density at radius 1 is 1.41 bits per heavy atom. The van der Waals surface area contributed by atoms with Gasteiger partial charge in [0.1, 0.15) is 5.01 Å². The SMILES string of the molecule is CCNCc1nc(CN2CCCSCC2)cs1. The molecule has 0 amide bonds. The lowest BCUT2D eigenvalue weighted by Crippen LogP contribution is -2.25. The molecule has 2 rings (SSSR count). The molecule has 1 aromatic rings. The summed E-state index contributed by atoms with van der Waals surface area (Å²) in [6.45, 7) is 7.53. The fourth-order valence-corrected chi connectivity index (χ4v) is 3.60. The lowest BCUT2D eigenvalue weighted by molar-refractivity contribution is 0.284. The van der Waals surface area contributed by atoms with E-state index in [9.17, 15) is 0 Å². The summed E-state index contributed by atoms with van der Waals surface area (Å²) in [6, 6.07) is 0. The second-order valence-electron chi connectivity index (χ2n) is 4.25. The average molecular weight is 271 g/mol. The molecule has 0 bridgehead atoms. The van der Waals surface area contributed by atoms with E-state index < -0.39 is 0 Å². The molecule has 96 valence electrons. The van der Waals surface area contributed by atoms with Crippen LogP contribution in [0, 0.1) is 0 Å². The standard InChI is InChI=1S/C12H21N3S2/c1-2-13-8-12-14-11(10-17-12)9-15-4-3-6-16-7-5-15/h10,13H,2-9H2,1H3. The average Bonchev–Trinajstić information content (AvgIpc) is 2.61. The van der Waals surface area contributed by atoms with Gasteiger partial charge in [0.15, 0.2) is 0 Å². The summed E-state index contributed by atoms with van der Waals surface area (Å²) in [5, 5.41) is 6.75. The third-order valence-corrected chi connectivity index (χ3v) is 4.77. The predicted molar refractivity (Wildman–Crippen MR) is 76.7 cm³/mol.